The highest BCUT2D eigenvalue weighted by Gasteiger charge is 2.16. The van der Waals surface area contributed by atoms with Crippen LogP contribution in [0, 0.1) is 11.3 Å². The molecule has 1 saturated heterocycles. The van der Waals surface area contributed by atoms with E-state index in [1.807, 2.05) is 18.2 Å². The molecule has 0 bridgehead atoms. The average Bonchev–Trinajstić information content (AvgIpc) is 3.10. The maximum Gasteiger partial charge on any atom is 0.228 e. The van der Waals surface area contributed by atoms with Crippen LogP contribution in [0.2, 0.25) is 0 Å². The Balaban J connectivity index is 1.60. The van der Waals surface area contributed by atoms with Crippen LogP contribution in [0.4, 0.5) is 5.69 Å². The van der Waals surface area contributed by atoms with E-state index in [9.17, 15) is 4.79 Å². The van der Waals surface area contributed by atoms with Crippen molar-refractivity contribution in [3.63, 3.8) is 0 Å². The molecule has 0 spiro atoms. The highest BCUT2D eigenvalue weighted by atomic mass is 16.1. The summed E-state index contributed by atoms with van der Waals surface area (Å²) in [6, 6.07) is 17.3. The number of nitrogens with zero attached hydrogens (tertiary/aromatic N) is 1. The van der Waals surface area contributed by atoms with E-state index in [4.69, 9.17) is 5.26 Å². The lowest BCUT2D eigenvalue weighted by atomic mass is 9.98. The summed E-state index contributed by atoms with van der Waals surface area (Å²) in [6.07, 6.45) is 1.44. The Morgan fingerprint density at radius 1 is 1.26 bits per heavy atom. The molecule has 0 aromatic heterocycles. The Kier molecular flexibility index (Phi) is 4.70. The van der Waals surface area contributed by atoms with Gasteiger partial charge in [0.05, 0.1) is 18.1 Å². The SMILES string of the molecule is N#Cc1cccc(CC(=O)Nc2ccc([C@H]3CCNC3)cc2)c1. The molecule has 116 valence electrons. The van der Waals surface area contributed by atoms with Gasteiger partial charge in [0, 0.05) is 12.2 Å². The summed E-state index contributed by atoms with van der Waals surface area (Å²) in [5, 5.41) is 15.2. The standard InChI is InChI=1S/C19H19N3O/c20-12-15-3-1-2-14(10-15)11-19(23)22-18-6-4-16(5-7-18)17-8-9-21-13-17/h1-7,10,17,21H,8-9,11,13H2,(H,22,23)/t17-/m0/s1. The monoisotopic (exact) mass is 305 g/mol. The molecular formula is C19H19N3O. The first-order valence-corrected chi connectivity index (χ1v) is 7.84. The van der Waals surface area contributed by atoms with Gasteiger partial charge in [0.25, 0.3) is 0 Å². The topological polar surface area (TPSA) is 64.9 Å². The molecule has 2 aromatic carbocycles. The van der Waals surface area contributed by atoms with Crippen LogP contribution in [0.15, 0.2) is 48.5 Å². The molecule has 1 aliphatic rings. The van der Waals surface area contributed by atoms with Crippen molar-refractivity contribution in [2.45, 2.75) is 18.8 Å². The molecule has 2 N–H and O–H groups in total. The average molecular weight is 305 g/mol. The molecule has 23 heavy (non-hydrogen) atoms. The minimum atomic E-state index is -0.0737. The lowest BCUT2D eigenvalue weighted by molar-refractivity contribution is -0.115. The third kappa shape index (κ3) is 3.97. The maximum absolute atomic E-state index is 12.1. The smallest absolute Gasteiger partial charge is 0.228 e. The fourth-order valence-electron chi connectivity index (χ4n) is 2.92. The molecule has 0 saturated carbocycles. The van der Waals surface area contributed by atoms with Gasteiger partial charge in [-0.2, -0.15) is 5.26 Å². The summed E-state index contributed by atoms with van der Waals surface area (Å²) in [6.45, 7) is 2.10. The van der Waals surface area contributed by atoms with Crippen LogP contribution in [0.1, 0.15) is 29.0 Å². The molecule has 1 amide bonds. The molecule has 1 aliphatic heterocycles. The fraction of sp³-hybridized carbons (Fsp3) is 0.263. The van der Waals surface area contributed by atoms with Gasteiger partial charge < -0.3 is 10.6 Å². The Morgan fingerprint density at radius 3 is 2.78 bits per heavy atom. The molecule has 1 fully saturated rings. The third-order valence-corrected chi connectivity index (χ3v) is 4.15. The Hall–Kier alpha value is -2.64. The van der Waals surface area contributed by atoms with Crippen molar-refractivity contribution in [3.8, 4) is 6.07 Å². The summed E-state index contributed by atoms with van der Waals surface area (Å²) >= 11 is 0. The molecule has 0 radical (unpaired) electrons. The Bertz CT molecular complexity index is 725. The number of carbonyl (C=O) groups excluding carboxylic acids is 1. The van der Waals surface area contributed by atoms with Gasteiger partial charge in [-0.05, 0) is 54.3 Å². The van der Waals surface area contributed by atoms with Crippen LogP contribution in [-0.4, -0.2) is 19.0 Å². The van der Waals surface area contributed by atoms with Crippen LogP contribution >= 0.6 is 0 Å². The van der Waals surface area contributed by atoms with E-state index in [0.717, 1.165) is 24.3 Å². The van der Waals surface area contributed by atoms with Crippen molar-refractivity contribution in [3.05, 3.63) is 65.2 Å². The quantitative estimate of drug-likeness (QED) is 0.913. The number of carbonyl (C=O) groups is 1. The molecule has 0 aliphatic carbocycles. The lowest BCUT2D eigenvalue weighted by Crippen LogP contribution is -2.14. The van der Waals surface area contributed by atoms with Crippen LogP contribution in [-0.2, 0) is 11.2 Å². The molecule has 3 rings (SSSR count). The highest BCUT2D eigenvalue weighted by molar-refractivity contribution is 5.92. The Morgan fingerprint density at radius 2 is 2.09 bits per heavy atom. The van der Waals surface area contributed by atoms with Crippen molar-refractivity contribution >= 4 is 11.6 Å². The molecule has 4 nitrogen and oxygen atoms in total. The van der Waals surface area contributed by atoms with E-state index in [1.165, 1.54) is 12.0 Å². The van der Waals surface area contributed by atoms with Crippen LogP contribution in [0.3, 0.4) is 0 Å². The van der Waals surface area contributed by atoms with E-state index >= 15 is 0 Å². The van der Waals surface area contributed by atoms with Crippen LogP contribution < -0.4 is 10.6 Å². The zero-order valence-corrected chi connectivity index (χ0v) is 12.9. The summed E-state index contributed by atoms with van der Waals surface area (Å²) in [4.78, 5) is 12.1. The van der Waals surface area contributed by atoms with Gasteiger partial charge in [-0.25, -0.2) is 0 Å². The predicted molar refractivity (Wildman–Crippen MR) is 90.2 cm³/mol. The second-order valence-electron chi connectivity index (χ2n) is 5.85. The number of hydrogen-bond donors (Lipinski definition) is 2. The highest BCUT2D eigenvalue weighted by Crippen LogP contribution is 2.23. The second kappa shape index (κ2) is 7.08. The van der Waals surface area contributed by atoms with Gasteiger partial charge in [-0.15, -0.1) is 0 Å². The fourth-order valence-corrected chi connectivity index (χ4v) is 2.92. The van der Waals surface area contributed by atoms with Crippen LogP contribution in [0.25, 0.3) is 0 Å². The third-order valence-electron chi connectivity index (χ3n) is 4.15. The summed E-state index contributed by atoms with van der Waals surface area (Å²) in [5.74, 6) is 0.504. The number of nitriles is 1. The van der Waals surface area contributed by atoms with Crippen molar-refractivity contribution in [2.75, 3.05) is 18.4 Å². The first-order valence-electron chi connectivity index (χ1n) is 7.84. The molecule has 4 heteroatoms. The number of anilines is 1. The minimum absolute atomic E-state index is 0.0737. The molecule has 0 unspecified atom stereocenters. The first-order chi connectivity index (χ1) is 11.2. The van der Waals surface area contributed by atoms with Gasteiger partial charge in [-0.1, -0.05) is 24.3 Å². The summed E-state index contributed by atoms with van der Waals surface area (Å²) in [5.41, 5.74) is 3.54. The van der Waals surface area contributed by atoms with E-state index in [0.29, 0.717) is 11.5 Å². The zero-order valence-electron chi connectivity index (χ0n) is 12.9. The minimum Gasteiger partial charge on any atom is -0.326 e. The van der Waals surface area contributed by atoms with Crippen LogP contribution in [0.5, 0.6) is 0 Å². The Labute approximate surface area is 136 Å². The number of amides is 1. The van der Waals surface area contributed by atoms with Gasteiger partial charge in [-0.3, -0.25) is 4.79 Å². The van der Waals surface area contributed by atoms with E-state index in [1.54, 1.807) is 18.2 Å². The van der Waals surface area contributed by atoms with Gasteiger partial charge in [0.1, 0.15) is 0 Å². The number of rotatable bonds is 4. The first kappa shape index (κ1) is 15.3. The predicted octanol–water partition coefficient (Wildman–Crippen LogP) is 2.82. The van der Waals surface area contributed by atoms with E-state index < -0.39 is 0 Å². The lowest BCUT2D eigenvalue weighted by Gasteiger charge is -2.10. The number of benzene rings is 2. The van der Waals surface area contributed by atoms with E-state index in [-0.39, 0.29) is 12.3 Å². The van der Waals surface area contributed by atoms with Crippen molar-refractivity contribution in [1.29, 1.82) is 5.26 Å². The zero-order chi connectivity index (χ0) is 16.1. The normalized spacial score (nSPS) is 16.7. The molecule has 2 aromatic rings. The van der Waals surface area contributed by atoms with Gasteiger partial charge in [0.2, 0.25) is 5.91 Å². The van der Waals surface area contributed by atoms with Crippen molar-refractivity contribution in [1.82, 2.24) is 5.32 Å². The molecule has 1 atom stereocenters. The molecular weight excluding hydrogens is 286 g/mol. The second-order valence-corrected chi connectivity index (χ2v) is 5.85. The van der Waals surface area contributed by atoms with E-state index in [2.05, 4.69) is 28.8 Å². The summed E-state index contributed by atoms with van der Waals surface area (Å²) in [7, 11) is 0. The number of hydrogen-bond acceptors (Lipinski definition) is 3. The van der Waals surface area contributed by atoms with Crippen molar-refractivity contribution < 1.29 is 4.79 Å². The van der Waals surface area contributed by atoms with Crippen molar-refractivity contribution in [2.24, 2.45) is 0 Å². The van der Waals surface area contributed by atoms with Gasteiger partial charge >= 0.3 is 0 Å². The van der Waals surface area contributed by atoms with Gasteiger partial charge in [0.15, 0.2) is 0 Å². The molecule has 1 heterocycles. The summed E-state index contributed by atoms with van der Waals surface area (Å²) < 4.78 is 0. The number of nitrogens with one attached hydrogen (secondary N) is 2. The largest absolute Gasteiger partial charge is 0.326 e. The maximum atomic E-state index is 12.1.